The van der Waals surface area contributed by atoms with Gasteiger partial charge >= 0.3 is 0 Å². The Kier molecular flexibility index (Phi) is 8.89. The number of halogens is 3. The number of hydrogen-bond donors (Lipinski definition) is 1. The fraction of sp³-hybridized carbons (Fsp3) is 0.310. The largest absolute Gasteiger partial charge is 0.490 e. The summed E-state index contributed by atoms with van der Waals surface area (Å²) in [4.78, 5) is 0. The standard InChI is InChI=1S/C29H29BF3O3/c1-2-3-4-15-35-27-14-13-25(28(32)29(27)33)20-7-5-19(6-8-20)24-12-10-21(16-26(24)31)22-9-11-23(17-30-34)36-18-22/h2-3,5-8,10,12-14,16,22-23,34H,4,9,11,15,17-18H2,1H3/b3-2-. The molecule has 0 saturated carbocycles. The van der Waals surface area contributed by atoms with Crippen LogP contribution in [0.5, 0.6) is 5.75 Å². The molecule has 1 fully saturated rings. The first-order valence-corrected chi connectivity index (χ1v) is 12.2. The fourth-order valence-electron chi connectivity index (χ4n) is 4.49. The molecular formula is C29H29BF3O3. The smallest absolute Gasteiger partial charge is 0.289 e. The van der Waals surface area contributed by atoms with E-state index >= 15 is 4.39 Å². The molecule has 1 heterocycles. The molecule has 1 saturated heterocycles. The van der Waals surface area contributed by atoms with Crippen molar-refractivity contribution in [3.05, 3.63) is 89.8 Å². The molecule has 7 heteroatoms. The molecule has 0 aliphatic carbocycles. The van der Waals surface area contributed by atoms with Gasteiger partial charge in [0.2, 0.25) is 5.82 Å². The van der Waals surface area contributed by atoms with Crippen molar-refractivity contribution in [3.63, 3.8) is 0 Å². The van der Waals surface area contributed by atoms with Crippen LogP contribution in [-0.4, -0.2) is 31.8 Å². The first kappa shape index (κ1) is 26.0. The van der Waals surface area contributed by atoms with Gasteiger partial charge < -0.3 is 14.5 Å². The van der Waals surface area contributed by atoms with Crippen LogP contribution in [0.25, 0.3) is 22.3 Å². The second kappa shape index (κ2) is 12.3. The Morgan fingerprint density at radius 1 is 0.972 bits per heavy atom. The highest BCUT2D eigenvalue weighted by Gasteiger charge is 2.24. The highest BCUT2D eigenvalue weighted by Crippen LogP contribution is 2.34. The second-order valence-electron chi connectivity index (χ2n) is 8.91. The van der Waals surface area contributed by atoms with E-state index in [0.717, 1.165) is 25.9 Å². The molecule has 0 aromatic heterocycles. The average molecular weight is 493 g/mol. The third kappa shape index (κ3) is 6.02. The minimum absolute atomic E-state index is 0.0131. The summed E-state index contributed by atoms with van der Waals surface area (Å²) in [6.07, 6.45) is 6.56. The lowest BCUT2D eigenvalue weighted by Crippen LogP contribution is -2.25. The van der Waals surface area contributed by atoms with Crippen molar-refractivity contribution in [2.24, 2.45) is 0 Å². The lowest BCUT2D eigenvalue weighted by atomic mass is 9.84. The lowest BCUT2D eigenvalue weighted by Gasteiger charge is -2.29. The first-order valence-electron chi connectivity index (χ1n) is 12.2. The van der Waals surface area contributed by atoms with E-state index in [0.29, 0.717) is 36.0 Å². The molecule has 2 unspecified atom stereocenters. The first-order chi connectivity index (χ1) is 17.5. The van der Waals surface area contributed by atoms with Crippen LogP contribution in [-0.2, 0) is 4.74 Å². The quantitative estimate of drug-likeness (QED) is 0.197. The minimum atomic E-state index is -1.02. The topological polar surface area (TPSA) is 38.7 Å². The number of ether oxygens (including phenoxy) is 2. The molecule has 0 bridgehead atoms. The van der Waals surface area contributed by atoms with E-state index in [1.165, 1.54) is 12.1 Å². The van der Waals surface area contributed by atoms with Crippen LogP contribution >= 0.6 is 0 Å². The Bertz CT molecular complexity index is 1190. The van der Waals surface area contributed by atoms with E-state index in [1.807, 2.05) is 25.1 Å². The monoisotopic (exact) mass is 493 g/mol. The number of hydrogen-bond acceptors (Lipinski definition) is 3. The summed E-state index contributed by atoms with van der Waals surface area (Å²) in [5, 5.41) is 8.94. The van der Waals surface area contributed by atoms with Crippen LogP contribution in [0.2, 0.25) is 6.32 Å². The van der Waals surface area contributed by atoms with Crippen LogP contribution in [0.3, 0.4) is 0 Å². The van der Waals surface area contributed by atoms with Crippen molar-refractivity contribution in [1.29, 1.82) is 0 Å². The van der Waals surface area contributed by atoms with E-state index in [-0.39, 0.29) is 35.8 Å². The predicted molar refractivity (Wildman–Crippen MR) is 137 cm³/mol. The lowest BCUT2D eigenvalue weighted by molar-refractivity contribution is 0.0145. The Labute approximate surface area is 210 Å². The van der Waals surface area contributed by atoms with Crippen molar-refractivity contribution in [1.82, 2.24) is 0 Å². The van der Waals surface area contributed by atoms with Crippen molar-refractivity contribution < 1.29 is 27.7 Å². The van der Waals surface area contributed by atoms with E-state index in [2.05, 4.69) is 0 Å². The summed E-state index contributed by atoms with van der Waals surface area (Å²) in [6, 6.07) is 14.8. The van der Waals surface area contributed by atoms with E-state index in [1.54, 1.807) is 36.4 Å². The molecule has 1 aliphatic heterocycles. The maximum absolute atomic E-state index is 15.0. The van der Waals surface area contributed by atoms with Gasteiger partial charge in [-0.2, -0.15) is 4.39 Å². The zero-order valence-corrected chi connectivity index (χ0v) is 20.2. The van der Waals surface area contributed by atoms with Crippen LogP contribution in [0.4, 0.5) is 13.2 Å². The molecule has 3 nitrogen and oxygen atoms in total. The van der Waals surface area contributed by atoms with E-state index < -0.39 is 11.6 Å². The van der Waals surface area contributed by atoms with Gasteiger partial charge in [0.15, 0.2) is 11.6 Å². The second-order valence-corrected chi connectivity index (χ2v) is 8.91. The SMILES string of the molecule is C/C=C\CCOc1ccc(-c2ccc(-c3ccc(C4CCC(C[B]O)OC4)cc3F)cc2)c(F)c1F. The third-order valence-electron chi connectivity index (χ3n) is 6.53. The van der Waals surface area contributed by atoms with Crippen LogP contribution in [0.1, 0.15) is 37.7 Å². The van der Waals surface area contributed by atoms with Crippen molar-refractivity contribution in [2.75, 3.05) is 13.2 Å². The van der Waals surface area contributed by atoms with Gasteiger partial charge in [-0.1, -0.05) is 48.6 Å². The highest BCUT2D eigenvalue weighted by atomic mass is 19.2. The fourth-order valence-corrected chi connectivity index (χ4v) is 4.49. The molecule has 2 atom stereocenters. The molecule has 4 rings (SSSR count). The molecule has 1 aliphatic rings. The average Bonchev–Trinajstić information content (AvgIpc) is 2.90. The molecule has 36 heavy (non-hydrogen) atoms. The molecule has 3 aromatic carbocycles. The molecule has 0 amide bonds. The van der Waals surface area contributed by atoms with Gasteiger partial charge in [-0.05, 0) is 67.4 Å². The molecule has 0 spiro atoms. The summed E-state index contributed by atoms with van der Waals surface area (Å²) in [5.41, 5.74) is 2.56. The Morgan fingerprint density at radius 2 is 1.69 bits per heavy atom. The van der Waals surface area contributed by atoms with Gasteiger partial charge in [0.1, 0.15) is 5.82 Å². The zero-order chi connectivity index (χ0) is 25.5. The molecule has 187 valence electrons. The van der Waals surface area contributed by atoms with E-state index in [9.17, 15) is 8.78 Å². The van der Waals surface area contributed by atoms with Gasteiger partial charge in [-0.25, -0.2) is 8.78 Å². The summed E-state index contributed by atoms with van der Waals surface area (Å²) in [7, 11) is 1.12. The van der Waals surface area contributed by atoms with Crippen molar-refractivity contribution >= 4 is 7.48 Å². The van der Waals surface area contributed by atoms with Crippen LogP contribution in [0.15, 0.2) is 66.7 Å². The van der Waals surface area contributed by atoms with Gasteiger partial charge in [-0.15, -0.1) is 0 Å². The zero-order valence-electron chi connectivity index (χ0n) is 20.2. The summed E-state index contributed by atoms with van der Waals surface area (Å²) in [6.45, 7) is 2.63. The Morgan fingerprint density at radius 3 is 2.33 bits per heavy atom. The van der Waals surface area contributed by atoms with Crippen LogP contribution < -0.4 is 4.74 Å². The highest BCUT2D eigenvalue weighted by molar-refractivity contribution is 6.25. The minimum Gasteiger partial charge on any atom is -0.490 e. The van der Waals surface area contributed by atoms with Gasteiger partial charge in [-0.3, -0.25) is 0 Å². The van der Waals surface area contributed by atoms with Gasteiger partial charge in [0.05, 0.1) is 19.3 Å². The maximum Gasteiger partial charge on any atom is 0.289 e. The number of benzene rings is 3. The molecule has 1 N–H and O–H groups in total. The summed E-state index contributed by atoms with van der Waals surface area (Å²) in [5.74, 6) is -2.35. The maximum atomic E-state index is 15.0. The Balaban J connectivity index is 1.46. The van der Waals surface area contributed by atoms with Crippen LogP contribution in [0, 0.1) is 17.5 Å². The van der Waals surface area contributed by atoms with Gasteiger partial charge in [0, 0.05) is 17.0 Å². The number of allylic oxidation sites excluding steroid dienone is 1. The predicted octanol–water partition coefficient (Wildman–Crippen LogP) is 7.08. The summed E-state index contributed by atoms with van der Waals surface area (Å²) >= 11 is 0. The van der Waals surface area contributed by atoms with Gasteiger partial charge in [0.25, 0.3) is 7.48 Å². The Hall–Kier alpha value is -3.03. The van der Waals surface area contributed by atoms with Crippen molar-refractivity contribution in [3.8, 4) is 28.0 Å². The van der Waals surface area contributed by atoms with E-state index in [4.69, 9.17) is 14.5 Å². The number of rotatable bonds is 9. The third-order valence-corrected chi connectivity index (χ3v) is 6.53. The normalized spacial score (nSPS) is 17.9. The van der Waals surface area contributed by atoms with Crippen molar-refractivity contribution in [2.45, 2.75) is 44.5 Å². The molecule has 3 aromatic rings. The summed E-state index contributed by atoms with van der Waals surface area (Å²) < 4.78 is 55.4. The molecular weight excluding hydrogens is 464 g/mol. The molecule has 1 radical (unpaired) electrons.